The molecule has 2 unspecified atom stereocenters. The van der Waals surface area contributed by atoms with Gasteiger partial charge in [-0.15, -0.1) is 0 Å². The number of carbonyl (C=O) groups is 4. The van der Waals surface area contributed by atoms with Crippen LogP contribution in [0.4, 0.5) is 13.6 Å². The molecule has 1 aliphatic heterocycles. The van der Waals surface area contributed by atoms with Gasteiger partial charge in [-0.3, -0.25) is 24.1 Å². The third-order valence-electron chi connectivity index (χ3n) is 5.03. The number of rotatable bonds is 10. The Morgan fingerprint density at radius 3 is 2.53 bits per heavy atom. The van der Waals surface area contributed by atoms with Crippen LogP contribution in [0.25, 0.3) is 6.08 Å². The lowest BCUT2D eigenvalue weighted by Crippen LogP contribution is -2.38. The van der Waals surface area contributed by atoms with Crippen molar-refractivity contribution in [3.8, 4) is 5.75 Å². The quantitative estimate of drug-likeness (QED) is 0.513. The van der Waals surface area contributed by atoms with Crippen molar-refractivity contribution in [2.75, 3.05) is 19.6 Å². The minimum atomic E-state index is -2.93. The zero-order valence-electron chi connectivity index (χ0n) is 17.3. The summed E-state index contributed by atoms with van der Waals surface area (Å²) in [7, 11) is 0. The summed E-state index contributed by atoms with van der Waals surface area (Å²) in [5, 5.41) is 4.88. The number of thioether (sulfide) groups is 1. The Bertz CT molecular complexity index is 923. The van der Waals surface area contributed by atoms with Gasteiger partial charge in [0.15, 0.2) is 0 Å². The van der Waals surface area contributed by atoms with E-state index < -0.39 is 17.8 Å². The van der Waals surface area contributed by atoms with Gasteiger partial charge in [-0.2, -0.15) is 8.78 Å². The molecule has 0 radical (unpaired) electrons. The fraction of sp³-hybridized carbons (Fsp3) is 0.429. The van der Waals surface area contributed by atoms with E-state index in [9.17, 15) is 28.0 Å². The maximum absolute atomic E-state index is 12.5. The summed E-state index contributed by atoms with van der Waals surface area (Å²) >= 11 is 0.763. The molecule has 0 spiro atoms. The average Bonchev–Trinajstić information content (AvgIpc) is 3.41. The van der Waals surface area contributed by atoms with Crippen molar-refractivity contribution in [1.29, 1.82) is 0 Å². The monoisotopic (exact) mass is 467 g/mol. The zero-order chi connectivity index (χ0) is 23.3. The molecule has 1 aliphatic carbocycles. The Morgan fingerprint density at radius 1 is 1.22 bits per heavy atom. The lowest BCUT2D eigenvalue weighted by molar-refractivity contribution is -0.125. The van der Waals surface area contributed by atoms with Gasteiger partial charge in [-0.1, -0.05) is 19.1 Å². The molecule has 1 saturated carbocycles. The summed E-state index contributed by atoms with van der Waals surface area (Å²) < 4.78 is 28.7. The molecule has 2 fully saturated rings. The van der Waals surface area contributed by atoms with Crippen LogP contribution in [0, 0.1) is 11.8 Å². The Hall–Kier alpha value is -2.95. The molecule has 2 N–H and O–H groups in total. The standard InChI is InChI=1S/C21H23F2N3O5S/c1-12-10-15(12)18(28)25-7-6-17(27)24-8-9-26-19(29)16(32-21(26)30)11-13-2-4-14(5-3-13)31-20(22)23/h2-5,11-12,15,20H,6-10H2,1H3,(H,24,27)(H,25,28)/b16-11-. The molecule has 0 aromatic heterocycles. The second-order valence-electron chi connectivity index (χ2n) is 7.49. The molecule has 1 aromatic carbocycles. The second-order valence-corrected chi connectivity index (χ2v) is 8.48. The summed E-state index contributed by atoms with van der Waals surface area (Å²) in [6, 6.07) is 5.67. The van der Waals surface area contributed by atoms with Crippen LogP contribution in [0.1, 0.15) is 25.3 Å². The Morgan fingerprint density at radius 2 is 1.91 bits per heavy atom. The number of amides is 4. The van der Waals surface area contributed by atoms with Gasteiger partial charge in [-0.25, -0.2) is 0 Å². The second kappa shape index (κ2) is 10.6. The highest BCUT2D eigenvalue weighted by atomic mass is 32.2. The maximum Gasteiger partial charge on any atom is 0.387 e. The summed E-state index contributed by atoms with van der Waals surface area (Å²) in [5.41, 5.74) is 0.549. The topological polar surface area (TPSA) is 105 Å². The number of hydrogen-bond donors (Lipinski definition) is 2. The summed E-state index contributed by atoms with van der Waals surface area (Å²) in [6.45, 7) is -0.584. The van der Waals surface area contributed by atoms with Gasteiger partial charge in [0.2, 0.25) is 11.8 Å². The van der Waals surface area contributed by atoms with E-state index in [1.165, 1.54) is 30.3 Å². The number of nitrogens with one attached hydrogen (secondary N) is 2. The van der Waals surface area contributed by atoms with Crippen molar-refractivity contribution < 1.29 is 32.7 Å². The van der Waals surface area contributed by atoms with E-state index >= 15 is 0 Å². The smallest absolute Gasteiger partial charge is 0.387 e. The van der Waals surface area contributed by atoms with Gasteiger partial charge < -0.3 is 15.4 Å². The third-order valence-corrected chi connectivity index (χ3v) is 5.94. The van der Waals surface area contributed by atoms with E-state index in [1.54, 1.807) is 0 Å². The lowest BCUT2D eigenvalue weighted by atomic mass is 10.2. The van der Waals surface area contributed by atoms with E-state index in [2.05, 4.69) is 15.4 Å². The van der Waals surface area contributed by atoms with Crippen LogP contribution in [-0.4, -0.2) is 54.1 Å². The molecule has 8 nitrogen and oxygen atoms in total. The largest absolute Gasteiger partial charge is 0.435 e. The van der Waals surface area contributed by atoms with Gasteiger partial charge in [0, 0.05) is 32.0 Å². The molecular formula is C21H23F2N3O5S. The average molecular weight is 467 g/mol. The molecule has 11 heteroatoms. The third kappa shape index (κ3) is 6.52. The number of imide groups is 1. The molecule has 0 bridgehead atoms. The van der Waals surface area contributed by atoms with Crippen LogP contribution in [0.3, 0.4) is 0 Å². The highest BCUT2D eigenvalue weighted by Crippen LogP contribution is 2.37. The summed E-state index contributed by atoms with van der Waals surface area (Å²) in [6.07, 6.45) is 2.47. The molecule has 172 valence electrons. The zero-order valence-corrected chi connectivity index (χ0v) is 18.1. The van der Waals surface area contributed by atoms with E-state index in [1.807, 2.05) is 6.92 Å². The number of benzene rings is 1. The number of alkyl halides is 2. The molecule has 4 amide bonds. The fourth-order valence-electron chi connectivity index (χ4n) is 3.10. The normalized spacial score (nSPS) is 21.2. The van der Waals surface area contributed by atoms with Crippen LogP contribution >= 0.6 is 11.8 Å². The molecule has 1 aromatic rings. The summed E-state index contributed by atoms with van der Waals surface area (Å²) in [5.74, 6) is -0.381. The van der Waals surface area contributed by atoms with Crippen molar-refractivity contribution in [1.82, 2.24) is 15.5 Å². The molecule has 1 heterocycles. The van der Waals surface area contributed by atoms with E-state index in [0.29, 0.717) is 11.5 Å². The number of carbonyl (C=O) groups excluding carboxylic acids is 4. The van der Waals surface area contributed by atoms with Crippen molar-refractivity contribution in [2.24, 2.45) is 11.8 Å². The lowest BCUT2D eigenvalue weighted by Gasteiger charge is -2.13. The molecular weight excluding hydrogens is 444 g/mol. The van der Waals surface area contributed by atoms with Gasteiger partial charge >= 0.3 is 6.61 Å². The first-order valence-electron chi connectivity index (χ1n) is 10.1. The first-order chi connectivity index (χ1) is 15.2. The van der Waals surface area contributed by atoms with Gasteiger partial charge in [0.05, 0.1) is 4.91 Å². The number of nitrogens with zero attached hydrogens (tertiary/aromatic N) is 1. The SMILES string of the molecule is CC1CC1C(=O)NCCC(=O)NCCN1C(=O)S/C(=C\c2ccc(OC(F)F)cc2)C1=O. The fourth-order valence-corrected chi connectivity index (χ4v) is 3.97. The van der Waals surface area contributed by atoms with Crippen molar-refractivity contribution >= 4 is 40.8 Å². The van der Waals surface area contributed by atoms with Gasteiger partial charge in [0.1, 0.15) is 5.75 Å². The number of halogens is 2. The molecule has 2 aliphatic rings. The number of ether oxygens (including phenoxy) is 1. The highest BCUT2D eigenvalue weighted by molar-refractivity contribution is 8.18. The first-order valence-corrected chi connectivity index (χ1v) is 10.9. The van der Waals surface area contributed by atoms with Gasteiger partial charge in [-0.05, 0) is 47.9 Å². The predicted octanol–water partition coefficient (Wildman–Crippen LogP) is 2.60. The Balaban J connectivity index is 1.42. The van der Waals surface area contributed by atoms with Crippen LogP contribution in [-0.2, 0) is 14.4 Å². The molecule has 1 saturated heterocycles. The molecule has 3 rings (SSSR count). The number of hydrogen-bond acceptors (Lipinski definition) is 6. The van der Waals surface area contributed by atoms with Crippen molar-refractivity contribution in [3.63, 3.8) is 0 Å². The van der Waals surface area contributed by atoms with Gasteiger partial charge in [0.25, 0.3) is 11.1 Å². The van der Waals surface area contributed by atoms with E-state index in [4.69, 9.17) is 0 Å². The van der Waals surface area contributed by atoms with E-state index in [0.717, 1.165) is 23.1 Å². The minimum absolute atomic E-state index is 0.0114. The molecule has 32 heavy (non-hydrogen) atoms. The predicted molar refractivity (Wildman–Crippen MR) is 114 cm³/mol. The maximum atomic E-state index is 12.5. The minimum Gasteiger partial charge on any atom is -0.435 e. The first kappa shape index (κ1) is 23.7. The van der Waals surface area contributed by atoms with Crippen LogP contribution < -0.4 is 15.4 Å². The van der Waals surface area contributed by atoms with Crippen molar-refractivity contribution in [2.45, 2.75) is 26.4 Å². The highest BCUT2D eigenvalue weighted by Gasteiger charge is 2.38. The Labute approximate surface area is 187 Å². The van der Waals surface area contributed by atoms with E-state index in [-0.39, 0.29) is 54.4 Å². The summed E-state index contributed by atoms with van der Waals surface area (Å²) in [4.78, 5) is 49.4. The Kier molecular flexibility index (Phi) is 7.84. The van der Waals surface area contributed by atoms with Crippen LogP contribution in [0.2, 0.25) is 0 Å². The van der Waals surface area contributed by atoms with Crippen molar-refractivity contribution in [3.05, 3.63) is 34.7 Å². The molecule has 2 atom stereocenters. The van der Waals surface area contributed by atoms with Crippen LogP contribution in [0.5, 0.6) is 5.75 Å². The van der Waals surface area contributed by atoms with Crippen LogP contribution in [0.15, 0.2) is 29.2 Å².